The third-order valence-electron chi connectivity index (χ3n) is 5.72. The minimum Gasteiger partial charge on any atom is -0.497 e. The molecule has 3 aromatic heterocycles. The van der Waals surface area contributed by atoms with E-state index in [1.54, 1.807) is 31.6 Å². The SMILES string of the molecule is COc1ccc(OC)c(-c2cc(C(=O)N3CCCC(c4nnc(-c5cccs5)o4)C3)[nH]n2)c1. The highest BCUT2D eigenvalue weighted by Gasteiger charge is 2.30. The number of carbonyl (C=O) groups excluding carboxylic acids is 1. The number of piperidine rings is 1. The summed E-state index contributed by atoms with van der Waals surface area (Å²) in [6.07, 6.45) is 1.75. The number of ether oxygens (including phenoxy) is 2. The van der Waals surface area contributed by atoms with Gasteiger partial charge in [0.15, 0.2) is 0 Å². The Balaban J connectivity index is 1.33. The fourth-order valence-corrected chi connectivity index (χ4v) is 4.66. The van der Waals surface area contributed by atoms with E-state index in [0.717, 1.165) is 23.3 Å². The number of methoxy groups -OCH3 is 2. The molecule has 10 heteroatoms. The van der Waals surface area contributed by atoms with Crippen LogP contribution in [-0.2, 0) is 0 Å². The molecule has 0 aliphatic carbocycles. The lowest BCUT2D eigenvalue weighted by Crippen LogP contribution is -2.39. The van der Waals surface area contributed by atoms with Crippen molar-refractivity contribution < 1.29 is 18.7 Å². The second-order valence-corrected chi connectivity index (χ2v) is 8.69. The lowest BCUT2D eigenvalue weighted by Gasteiger charge is -2.30. The van der Waals surface area contributed by atoms with Crippen molar-refractivity contribution in [3.05, 3.63) is 53.4 Å². The van der Waals surface area contributed by atoms with Crippen LogP contribution in [0, 0.1) is 0 Å². The van der Waals surface area contributed by atoms with E-state index in [1.165, 1.54) is 0 Å². The number of H-pyrrole nitrogens is 1. The molecular formula is C23H23N5O4S. The average molecular weight is 466 g/mol. The maximum atomic E-state index is 13.2. The van der Waals surface area contributed by atoms with Crippen molar-refractivity contribution in [1.82, 2.24) is 25.3 Å². The Labute approximate surface area is 194 Å². The summed E-state index contributed by atoms with van der Waals surface area (Å²) >= 11 is 1.56. The first-order valence-electron chi connectivity index (χ1n) is 10.6. The van der Waals surface area contributed by atoms with Gasteiger partial charge in [0, 0.05) is 18.7 Å². The summed E-state index contributed by atoms with van der Waals surface area (Å²) in [7, 11) is 3.20. The van der Waals surface area contributed by atoms with E-state index < -0.39 is 0 Å². The van der Waals surface area contributed by atoms with Gasteiger partial charge in [-0.1, -0.05) is 6.07 Å². The molecule has 1 unspecified atom stereocenters. The number of aromatic amines is 1. The summed E-state index contributed by atoms with van der Waals surface area (Å²) in [4.78, 5) is 16.0. The summed E-state index contributed by atoms with van der Waals surface area (Å²) in [6, 6.07) is 11.1. The number of hydrogen-bond acceptors (Lipinski definition) is 8. The van der Waals surface area contributed by atoms with Crippen LogP contribution in [0.4, 0.5) is 0 Å². The van der Waals surface area contributed by atoms with Crippen molar-refractivity contribution in [2.24, 2.45) is 0 Å². The quantitative estimate of drug-likeness (QED) is 0.454. The predicted molar refractivity (Wildman–Crippen MR) is 123 cm³/mol. The predicted octanol–water partition coefficient (Wildman–Crippen LogP) is 4.23. The molecule has 1 aliphatic rings. The van der Waals surface area contributed by atoms with Gasteiger partial charge < -0.3 is 18.8 Å². The van der Waals surface area contributed by atoms with Gasteiger partial charge in [-0.25, -0.2) is 0 Å². The Morgan fingerprint density at radius 2 is 2.12 bits per heavy atom. The van der Waals surface area contributed by atoms with Crippen LogP contribution in [0.25, 0.3) is 22.0 Å². The molecule has 0 spiro atoms. The zero-order valence-corrected chi connectivity index (χ0v) is 19.1. The normalized spacial score (nSPS) is 16.1. The number of carbonyl (C=O) groups is 1. The summed E-state index contributed by atoms with van der Waals surface area (Å²) in [5.74, 6) is 2.32. The highest BCUT2D eigenvalue weighted by atomic mass is 32.1. The second-order valence-electron chi connectivity index (χ2n) is 7.75. The Morgan fingerprint density at radius 3 is 2.91 bits per heavy atom. The summed E-state index contributed by atoms with van der Waals surface area (Å²) in [5, 5.41) is 17.6. The van der Waals surface area contributed by atoms with E-state index in [0.29, 0.717) is 47.8 Å². The van der Waals surface area contributed by atoms with Gasteiger partial charge in [0.2, 0.25) is 5.89 Å². The van der Waals surface area contributed by atoms with Crippen molar-refractivity contribution in [2.75, 3.05) is 27.3 Å². The second kappa shape index (κ2) is 9.07. The fraction of sp³-hybridized carbons (Fsp3) is 0.304. The summed E-state index contributed by atoms with van der Waals surface area (Å²) in [5.41, 5.74) is 1.77. The van der Waals surface area contributed by atoms with Crippen LogP contribution in [-0.4, -0.2) is 58.5 Å². The molecule has 4 aromatic rings. The number of nitrogens with zero attached hydrogens (tertiary/aromatic N) is 4. The number of aromatic nitrogens is 4. The van der Waals surface area contributed by atoms with Gasteiger partial charge in [-0.05, 0) is 48.6 Å². The van der Waals surface area contributed by atoms with Gasteiger partial charge >= 0.3 is 0 Å². The van der Waals surface area contributed by atoms with Gasteiger partial charge in [-0.2, -0.15) is 5.10 Å². The first-order chi connectivity index (χ1) is 16.2. The van der Waals surface area contributed by atoms with Gasteiger partial charge in [0.05, 0.1) is 30.7 Å². The molecule has 4 heterocycles. The molecular weight excluding hydrogens is 442 g/mol. The van der Waals surface area contributed by atoms with Crippen molar-refractivity contribution in [2.45, 2.75) is 18.8 Å². The van der Waals surface area contributed by atoms with Crippen LogP contribution in [0.2, 0.25) is 0 Å². The topological polar surface area (TPSA) is 106 Å². The molecule has 1 N–H and O–H groups in total. The Hall–Kier alpha value is -3.66. The fourth-order valence-electron chi connectivity index (χ4n) is 4.02. The van der Waals surface area contributed by atoms with Crippen LogP contribution in [0.5, 0.6) is 11.5 Å². The van der Waals surface area contributed by atoms with Gasteiger partial charge in [0.25, 0.3) is 11.8 Å². The smallest absolute Gasteiger partial charge is 0.271 e. The molecule has 1 aromatic carbocycles. The average Bonchev–Trinajstić information content (AvgIpc) is 3.64. The maximum absolute atomic E-state index is 13.2. The van der Waals surface area contributed by atoms with Crippen LogP contribution < -0.4 is 9.47 Å². The maximum Gasteiger partial charge on any atom is 0.271 e. The largest absolute Gasteiger partial charge is 0.497 e. The van der Waals surface area contributed by atoms with Crippen LogP contribution >= 0.6 is 11.3 Å². The minimum absolute atomic E-state index is 0.00443. The number of benzene rings is 1. The molecule has 5 rings (SSSR count). The Kier molecular flexibility index (Phi) is 5.82. The van der Waals surface area contributed by atoms with E-state index in [4.69, 9.17) is 13.9 Å². The number of rotatable bonds is 6. The molecule has 0 saturated carbocycles. The van der Waals surface area contributed by atoms with Gasteiger partial charge in [0.1, 0.15) is 17.2 Å². The number of amides is 1. The van der Waals surface area contributed by atoms with Crippen molar-refractivity contribution in [1.29, 1.82) is 0 Å². The van der Waals surface area contributed by atoms with Crippen LogP contribution in [0.15, 0.2) is 46.2 Å². The van der Waals surface area contributed by atoms with Crippen molar-refractivity contribution in [3.8, 4) is 33.5 Å². The Morgan fingerprint density at radius 1 is 1.21 bits per heavy atom. The zero-order chi connectivity index (χ0) is 22.8. The number of likely N-dealkylation sites (tertiary alicyclic amines) is 1. The molecule has 1 aliphatic heterocycles. The van der Waals surface area contributed by atoms with E-state index >= 15 is 0 Å². The molecule has 33 heavy (non-hydrogen) atoms. The van der Waals surface area contributed by atoms with Gasteiger partial charge in [-0.15, -0.1) is 21.5 Å². The Bertz CT molecular complexity index is 1250. The van der Waals surface area contributed by atoms with Crippen LogP contribution in [0.1, 0.15) is 35.1 Å². The van der Waals surface area contributed by atoms with E-state index in [1.807, 2.05) is 40.6 Å². The molecule has 1 saturated heterocycles. The molecule has 9 nitrogen and oxygen atoms in total. The summed E-state index contributed by atoms with van der Waals surface area (Å²) < 4.78 is 16.7. The van der Waals surface area contributed by atoms with Crippen molar-refractivity contribution in [3.63, 3.8) is 0 Å². The molecule has 1 atom stereocenters. The third-order valence-corrected chi connectivity index (χ3v) is 6.58. The lowest BCUT2D eigenvalue weighted by atomic mass is 9.97. The van der Waals surface area contributed by atoms with E-state index in [9.17, 15) is 4.79 Å². The first kappa shape index (κ1) is 21.2. The number of hydrogen-bond donors (Lipinski definition) is 1. The third kappa shape index (κ3) is 4.21. The van der Waals surface area contributed by atoms with Gasteiger partial charge in [-0.3, -0.25) is 9.89 Å². The highest BCUT2D eigenvalue weighted by molar-refractivity contribution is 7.13. The number of nitrogens with one attached hydrogen (secondary N) is 1. The lowest BCUT2D eigenvalue weighted by molar-refractivity contribution is 0.0692. The molecule has 0 bridgehead atoms. The molecule has 170 valence electrons. The van der Waals surface area contributed by atoms with Crippen molar-refractivity contribution >= 4 is 17.2 Å². The standard InChI is InChI=1S/C23H23N5O4S/c1-30-15-7-8-19(31-2)16(11-15)17-12-18(25-24-17)23(29)28-9-3-5-14(13-28)21-26-27-22(32-21)20-6-4-10-33-20/h4,6-8,10-12,14H,3,5,9,13H2,1-2H3,(H,24,25). The summed E-state index contributed by atoms with van der Waals surface area (Å²) in [6.45, 7) is 1.18. The first-order valence-corrected chi connectivity index (χ1v) is 11.5. The van der Waals surface area contributed by atoms with E-state index in [-0.39, 0.29) is 11.8 Å². The van der Waals surface area contributed by atoms with Crippen LogP contribution in [0.3, 0.4) is 0 Å². The monoisotopic (exact) mass is 465 g/mol. The molecule has 0 radical (unpaired) electrons. The molecule has 1 amide bonds. The highest BCUT2D eigenvalue weighted by Crippen LogP contribution is 2.34. The zero-order valence-electron chi connectivity index (χ0n) is 18.3. The van der Waals surface area contributed by atoms with E-state index in [2.05, 4.69) is 20.4 Å². The number of thiophene rings is 1. The molecule has 1 fully saturated rings. The minimum atomic E-state index is -0.113.